The summed E-state index contributed by atoms with van der Waals surface area (Å²) in [7, 11) is 0. The van der Waals surface area contributed by atoms with E-state index in [2.05, 4.69) is 62.3 Å². The van der Waals surface area contributed by atoms with Crippen molar-refractivity contribution < 1.29 is 14.2 Å². The van der Waals surface area contributed by atoms with Crippen LogP contribution in [0.2, 0.25) is 0 Å². The summed E-state index contributed by atoms with van der Waals surface area (Å²) >= 11 is 0. The van der Waals surface area contributed by atoms with Gasteiger partial charge in [-0.2, -0.15) is 0 Å². The first-order valence-electron chi connectivity index (χ1n) is 9.33. The van der Waals surface area contributed by atoms with Crippen LogP contribution in [0.15, 0.2) is 0 Å². The zero-order valence-electron chi connectivity index (χ0n) is 17.2. The van der Waals surface area contributed by atoms with E-state index in [-0.39, 0.29) is 11.7 Å². The van der Waals surface area contributed by atoms with Crippen molar-refractivity contribution in [2.24, 2.45) is 17.3 Å². The Balaban J connectivity index is 3.80. The fourth-order valence-corrected chi connectivity index (χ4v) is 2.54. The third-order valence-corrected chi connectivity index (χ3v) is 4.83. The van der Waals surface area contributed by atoms with Gasteiger partial charge >= 0.3 is 0 Å². The maximum absolute atomic E-state index is 5.85. The van der Waals surface area contributed by atoms with E-state index in [1.807, 2.05) is 0 Å². The van der Waals surface area contributed by atoms with E-state index in [9.17, 15) is 0 Å². The van der Waals surface area contributed by atoms with Gasteiger partial charge < -0.3 is 14.2 Å². The van der Waals surface area contributed by atoms with Gasteiger partial charge in [-0.15, -0.1) is 0 Å². The lowest BCUT2D eigenvalue weighted by Crippen LogP contribution is -2.30. The van der Waals surface area contributed by atoms with Crippen LogP contribution in [-0.2, 0) is 14.2 Å². The first-order valence-corrected chi connectivity index (χ1v) is 9.33. The molecule has 0 N–H and O–H groups in total. The molecule has 0 bridgehead atoms. The van der Waals surface area contributed by atoms with Gasteiger partial charge in [0.15, 0.2) is 0 Å². The van der Waals surface area contributed by atoms with E-state index in [1.54, 1.807) is 0 Å². The highest BCUT2D eigenvalue weighted by atomic mass is 16.6. The number of hydrogen-bond donors (Lipinski definition) is 0. The van der Waals surface area contributed by atoms with Gasteiger partial charge in [0.2, 0.25) is 0 Å². The Morgan fingerprint density at radius 1 is 0.870 bits per heavy atom. The summed E-state index contributed by atoms with van der Waals surface area (Å²) in [6.07, 6.45) is 2.35. The SMILES string of the molecule is CCC(C)(C)OCC(C)OCCOCC(C)C(C)(C)CC(C)C. The average Bonchev–Trinajstić information content (AvgIpc) is 2.43. The highest BCUT2D eigenvalue weighted by Crippen LogP contribution is 2.33. The molecule has 0 saturated heterocycles. The first-order chi connectivity index (χ1) is 10.5. The van der Waals surface area contributed by atoms with Crippen LogP contribution in [0.1, 0.15) is 75.2 Å². The zero-order chi connectivity index (χ0) is 18.1. The molecule has 3 heteroatoms. The summed E-state index contributed by atoms with van der Waals surface area (Å²) < 4.78 is 17.4. The third kappa shape index (κ3) is 11.1. The largest absolute Gasteiger partial charge is 0.379 e. The van der Waals surface area contributed by atoms with Crippen molar-refractivity contribution in [3.05, 3.63) is 0 Å². The Kier molecular flexibility index (Phi) is 10.6. The second kappa shape index (κ2) is 10.7. The van der Waals surface area contributed by atoms with Gasteiger partial charge in [-0.05, 0) is 50.9 Å². The predicted octanol–water partition coefficient (Wildman–Crippen LogP) is 5.32. The molecule has 0 aliphatic heterocycles. The molecule has 2 atom stereocenters. The van der Waals surface area contributed by atoms with Crippen LogP contribution in [0, 0.1) is 17.3 Å². The lowest BCUT2D eigenvalue weighted by Gasteiger charge is -2.33. The zero-order valence-corrected chi connectivity index (χ0v) is 17.2. The fraction of sp³-hybridized carbons (Fsp3) is 1.00. The normalized spacial score (nSPS) is 15.9. The van der Waals surface area contributed by atoms with Crippen molar-refractivity contribution in [1.29, 1.82) is 0 Å². The average molecular weight is 331 g/mol. The fourth-order valence-electron chi connectivity index (χ4n) is 2.54. The molecule has 0 amide bonds. The van der Waals surface area contributed by atoms with Crippen LogP contribution in [-0.4, -0.2) is 38.1 Å². The Labute approximate surface area is 145 Å². The lowest BCUT2D eigenvalue weighted by atomic mass is 9.74. The summed E-state index contributed by atoms with van der Waals surface area (Å²) in [5.74, 6) is 1.28. The molecule has 0 spiro atoms. The molecule has 0 rings (SSSR count). The molecule has 0 radical (unpaired) electrons. The van der Waals surface area contributed by atoms with E-state index < -0.39 is 0 Å². The minimum atomic E-state index is -0.0639. The summed E-state index contributed by atoms with van der Waals surface area (Å²) in [4.78, 5) is 0. The summed E-state index contributed by atoms with van der Waals surface area (Å²) in [6, 6.07) is 0. The van der Waals surface area contributed by atoms with Crippen molar-refractivity contribution in [2.75, 3.05) is 26.4 Å². The molecule has 23 heavy (non-hydrogen) atoms. The minimum absolute atomic E-state index is 0.0639. The molecule has 0 heterocycles. The Morgan fingerprint density at radius 2 is 1.48 bits per heavy atom. The van der Waals surface area contributed by atoms with E-state index in [1.165, 1.54) is 6.42 Å². The minimum Gasteiger partial charge on any atom is -0.379 e. The maximum atomic E-state index is 5.85. The standard InChI is InChI=1S/C20H42O3/c1-10-20(8,9)23-15-18(5)22-12-11-21-14-17(4)19(6,7)13-16(2)3/h16-18H,10-15H2,1-9H3. The molecule has 2 unspecified atom stereocenters. The maximum Gasteiger partial charge on any atom is 0.0781 e. The molecule has 0 aliphatic rings. The first kappa shape index (κ1) is 22.9. The van der Waals surface area contributed by atoms with E-state index in [0.717, 1.165) is 18.9 Å². The molecule has 0 aromatic rings. The predicted molar refractivity (Wildman–Crippen MR) is 99.0 cm³/mol. The summed E-state index contributed by atoms with van der Waals surface area (Å²) in [6.45, 7) is 22.7. The highest BCUT2D eigenvalue weighted by molar-refractivity contribution is 4.76. The molecule has 0 fully saturated rings. The summed E-state index contributed by atoms with van der Waals surface area (Å²) in [5, 5.41) is 0. The van der Waals surface area contributed by atoms with Crippen LogP contribution < -0.4 is 0 Å². The number of ether oxygens (including phenoxy) is 3. The molecule has 0 aliphatic carbocycles. The molecule has 0 aromatic heterocycles. The third-order valence-electron chi connectivity index (χ3n) is 4.83. The van der Waals surface area contributed by atoms with Crippen molar-refractivity contribution in [1.82, 2.24) is 0 Å². The monoisotopic (exact) mass is 330 g/mol. The van der Waals surface area contributed by atoms with Crippen LogP contribution in [0.5, 0.6) is 0 Å². The topological polar surface area (TPSA) is 27.7 Å². The van der Waals surface area contributed by atoms with Crippen molar-refractivity contribution >= 4 is 0 Å². The van der Waals surface area contributed by atoms with Crippen LogP contribution in [0.3, 0.4) is 0 Å². The summed E-state index contributed by atoms with van der Waals surface area (Å²) in [5.41, 5.74) is 0.257. The van der Waals surface area contributed by atoms with Gasteiger partial charge in [0, 0.05) is 6.61 Å². The molecule has 3 nitrogen and oxygen atoms in total. The van der Waals surface area contributed by atoms with E-state index in [4.69, 9.17) is 14.2 Å². The molecule has 0 saturated carbocycles. The Morgan fingerprint density at radius 3 is 2.00 bits per heavy atom. The highest BCUT2D eigenvalue weighted by Gasteiger charge is 2.26. The van der Waals surface area contributed by atoms with Crippen LogP contribution >= 0.6 is 0 Å². The Hall–Kier alpha value is -0.120. The Bertz CT molecular complexity index is 297. The van der Waals surface area contributed by atoms with E-state index >= 15 is 0 Å². The van der Waals surface area contributed by atoms with Crippen molar-refractivity contribution in [3.63, 3.8) is 0 Å². The van der Waals surface area contributed by atoms with Crippen molar-refractivity contribution in [3.8, 4) is 0 Å². The lowest BCUT2D eigenvalue weighted by molar-refractivity contribution is -0.0853. The van der Waals surface area contributed by atoms with Crippen molar-refractivity contribution in [2.45, 2.75) is 86.9 Å². The van der Waals surface area contributed by atoms with Gasteiger partial charge in [-0.25, -0.2) is 0 Å². The second-order valence-corrected chi connectivity index (χ2v) is 8.67. The molecular weight excluding hydrogens is 288 g/mol. The van der Waals surface area contributed by atoms with Gasteiger partial charge in [0.05, 0.1) is 31.5 Å². The molecule has 140 valence electrons. The van der Waals surface area contributed by atoms with Gasteiger partial charge in [-0.3, -0.25) is 0 Å². The second-order valence-electron chi connectivity index (χ2n) is 8.67. The van der Waals surface area contributed by atoms with Gasteiger partial charge in [0.25, 0.3) is 0 Å². The smallest absolute Gasteiger partial charge is 0.0781 e. The van der Waals surface area contributed by atoms with Gasteiger partial charge in [0.1, 0.15) is 0 Å². The van der Waals surface area contributed by atoms with Crippen LogP contribution in [0.25, 0.3) is 0 Å². The number of hydrogen-bond acceptors (Lipinski definition) is 3. The molecular formula is C20H42O3. The number of rotatable bonds is 13. The van der Waals surface area contributed by atoms with Gasteiger partial charge in [-0.1, -0.05) is 41.5 Å². The molecule has 0 aromatic carbocycles. The quantitative estimate of drug-likeness (QED) is 0.428. The van der Waals surface area contributed by atoms with E-state index in [0.29, 0.717) is 31.2 Å². The van der Waals surface area contributed by atoms with Crippen LogP contribution in [0.4, 0.5) is 0 Å².